The number of benzene rings is 1. The van der Waals surface area contributed by atoms with Gasteiger partial charge in [-0.15, -0.1) is 11.8 Å². The molecule has 3 rings (SSSR count). The van der Waals surface area contributed by atoms with Gasteiger partial charge in [-0.05, 0) is 24.1 Å². The van der Waals surface area contributed by atoms with E-state index < -0.39 is 0 Å². The third kappa shape index (κ3) is 4.42. The van der Waals surface area contributed by atoms with Crippen LogP contribution in [0.15, 0.2) is 24.3 Å². The molecule has 27 heavy (non-hydrogen) atoms. The number of amides is 3. The molecule has 0 saturated carbocycles. The van der Waals surface area contributed by atoms with Crippen molar-refractivity contribution in [2.45, 2.75) is 49.6 Å². The Kier molecular flexibility index (Phi) is 6.68. The van der Waals surface area contributed by atoms with Crippen LogP contribution in [0.3, 0.4) is 0 Å². The number of urea groups is 1. The van der Waals surface area contributed by atoms with E-state index in [9.17, 15) is 9.59 Å². The van der Waals surface area contributed by atoms with Crippen LogP contribution in [0.1, 0.15) is 31.7 Å². The SMILES string of the molecule is CCCCC1NC(SCc2ccc(Cl)cc2)C2C(=O)N(C)C(=O)N(C)C2N1. The lowest BCUT2D eigenvalue weighted by Gasteiger charge is -2.50. The molecule has 4 unspecified atom stereocenters. The van der Waals surface area contributed by atoms with E-state index in [0.29, 0.717) is 5.02 Å². The van der Waals surface area contributed by atoms with Crippen LogP contribution in [-0.4, -0.2) is 53.5 Å². The largest absolute Gasteiger partial charge is 0.327 e. The second kappa shape index (κ2) is 8.82. The van der Waals surface area contributed by atoms with Crippen LogP contribution in [0.4, 0.5) is 4.79 Å². The molecule has 0 aromatic heterocycles. The lowest BCUT2D eigenvalue weighted by molar-refractivity contribution is -0.140. The molecule has 3 amide bonds. The van der Waals surface area contributed by atoms with Crippen molar-refractivity contribution in [2.24, 2.45) is 5.92 Å². The van der Waals surface area contributed by atoms with E-state index in [0.717, 1.165) is 30.6 Å². The van der Waals surface area contributed by atoms with Crippen molar-refractivity contribution in [3.05, 3.63) is 34.9 Å². The maximum Gasteiger partial charge on any atom is 0.327 e. The number of rotatable bonds is 6. The lowest BCUT2D eigenvalue weighted by atomic mass is 9.96. The van der Waals surface area contributed by atoms with E-state index >= 15 is 0 Å². The van der Waals surface area contributed by atoms with Crippen molar-refractivity contribution in [2.75, 3.05) is 14.1 Å². The molecule has 2 fully saturated rings. The number of nitrogens with zero attached hydrogens (tertiary/aromatic N) is 2. The Labute approximate surface area is 170 Å². The Balaban J connectivity index is 1.78. The topological polar surface area (TPSA) is 64.7 Å². The van der Waals surface area contributed by atoms with Gasteiger partial charge in [0, 0.05) is 24.9 Å². The molecule has 1 aromatic rings. The number of nitrogens with one attached hydrogen (secondary N) is 2. The van der Waals surface area contributed by atoms with Gasteiger partial charge in [0.1, 0.15) is 0 Å². The van der Waals surface area contributed by atoms with Gasteiger partial charge in [-0.3, -0.25) is 20.3 Å². The van der Waals surface area contributed by atoms with E-state index in [1.165, 1.54) is 4.90 Å². The molecule has 2 N–H and O–H groups in total. The molecule has 1 aromatic carbocycles. The van der Waals surface area contributed by atoms with Gasteiger partial charge in [0.15, 0.2) is 0 Å². The summed E-state index contributed by atoms with van der Waals surface area (Å²) in [5.41, 5.74) is 1.16. The van der Waals surface area contributed by atoms with E-state index in [4.69, 9.17) is 11.6 Å². The van der Waals surface area contributed by atoms with Crippen LogP contribution >= 0.6 is 23.4 Å². The fourth-order valence-electron chi connectivity index (χ4n) is 3.61. The first-order valence-electron chi connectivity index (χ1n) is 9.35. The molecule has 0 radical (unpaired) electrons. The summed E-state index contributed by atoms with van der Waals surface area (Å²) in [6.45, 7) is 2.16. The number of imide groups is 1. The minimum atomic E-state index is -0.326. The van der Waals surface area contributed by atoms with E-state index in [2.05, 4.69) is 17.6 Å². The van der Waals surface area contributed by atoms with Gasteiger partial charge >= 0.3 is 6.03 Å². The Bertz CT molecular complexity index is 687. The average Bonchev–Trinajstić information content (AvgIpc) is 2.68. The second-order valence-electron chi connectivity index (χ2n) is 7.15. The highest BCUT2D eigenvalue weighted by atomic mass is 35.5. The summed E-state index contributed by atoms with van der Waals surface area (Å²) in [5.74, 6) is 0.311. The third-order valence-corrected chi connectivity index (χ3v) is 6.75. The minimum absolute atomic E-state index is 0.0701. The number of fused-ring (bicyclic) bond motifs is 1. The van der Waals surface area contributed by atoms with Gasteiger partial charge in [0.2, 0.25) is 5.91 Å². The third-order valence-electron chi connectivity index (χ3n) is 5.21. The zero-order valence-electron chi connectivity index (χ0n) is 15.9. The highest BCUT2D eigenvalue weighted by Crippen LogP contribution is 2.33. The van der Waals surface area contributed by atoms with Crippen molar-refractivity contribution in [3.8, 4) is 0 Å². The number of hydrogen-bond donors (Lipinski definition) is 2. The molecule has 2 aliphatic heterocycles. The van der Waals surface area contributed by atoms with Gasteiger partial charge in [-0.2, -0.15) is 0 Å². The summed E-state index contributed by atoms with van der Waals surface area (Å²) >= 11 is 7.68. The van der Waals surface area contributed by atoms with Gasteiger partial charge in [0.25, 0.3) is 0 Å². The summed E-state index contributed by atoms with van der Waals surface area (Å²) < 4.78 is 0. The van der Waals surface area contributed by atoms with Crippen LogP contribution in [0.2, 0.25) is 5.02 Å². The van der Waals surface area contributed by atoms with E-state index in [1.54, 1.807) is 30.8 Å². The summed E-state index contributed by atoms with van der Waals surface area (Å²) in [6.07, 6.45) is 2.95. The number of hydrogen-bond acceptors (Lipinski definition) is 5. The number of unbranched alkanes of at least 4 members (excludes halogenated alkanes) is 1. The summed E-state index contributed by atoms with van der Waals surface area (Å²) in [7, 11) is 3.32. The molecule has 8 heteroatoms. The highest BCUT2D eigenvalue weighted by molar-refractivity contribution is 7.99. The number of carbonyl (C=O) groups is 2. The average molecular weight is 411 g/mol. The minimum Gasteiger partial charge on any atom is -0.311 e. The van der Waals surface area contributed by atoms with Gasteiger partial charge in [-0.1, -0.05) is 43.5 Å². The molecule has 0 spiro atoms. The standard InChI is InChI=1S/C19H27ClN4O2S/c1-4-5-6-14-21-16-15(18(25)24(3)19(26)23(16)2)17(22-14)27-11-12-7-9-13(20)10-8-12/h7-10,14-17,21-22H,4-6,11H2,1-3H3. The van der Waals surface area contributed by atoms with Crippen LogP contribution in [0, 0.1) is 5.92 Å². The predicted molar refractivity (Wildman–Crippen MR) is 109 cm³/mol. The van der Waals surface area contributed by atoms with Crippen molar-refractivity contribution in [1.29, 1.82) is 0 Å². The van der Waals surface area contributed by atoms with Crippen molar-refractivity contribution in [1.82, 2.24) is 20.4 Å². The molecule has 4 atom stereocenters. The van der Waals surface area contributed by atoms with Crippen LogP contribution in [0.25, 0.3) is 0 Å². The van der Waals surface area contributed by atoms with E-state index in [-0.39, 0.29) is 35.6 Å². The second-order valence-corrected chi connectivity index (χ2v) is 8.71. The molecular weight excluding hydrogens is 384 g/mol. The molecule has 148 valence electrons. The van der Waals surface area contributed by atoms with Crippen molar-refractivity contribution in [3.63, 3.8) is 0 Å². The first-order valence-corrected chi connectivity index (χ1v) is 10.8. The molecule has 0 aliphatic carbocycles. The Morgan fingerprint density at radius 1 is 1.15 bits per heavy atom. The van der Waals surface area contributed by atoms with Crippen molar-refractivity contribution >= 4 is 35.3 Å². The first-order chi connectivity index (χ1) is 12.9. The first kappa shape index (κ1) is 20.5. The fourth-order valence-corrected chi connectivity index (χ4v) is 5.03. The quantitative estimate of drug-likeness (QED) is 0.754. The monoisotopic (exact) mass is 410 g/mol. The summed E-state index contributed by atoms with van der Waals surface area (Å²) in [4.78, 5) is 28.1. The fraction of sp³-hybridized carbons (Fsp3) is 0.579. The predicted octanol–water partition coefficient (Wildman–Crippen LogP) is 3.07. The van der Waals surface area contributed by atoms with Crippen LogP contribution < -0.4 is 10.6 Å². The molecule has 2 aliphatic rings. The van der Waals surface area contributed by atoms with E-state index in [1.807, 2.05) is 24.3 Å². The molecule has 2 saturated heterocycles. The van der Waals surface area contributed by atoms with Crippen LogP contribution in [-0.2, 0) is 10.5 Å². The summed E-state index contributed by atoms with van der Waals surface area (Å²) in [6, 6.07) is 7.52. The summed E-state index contributed by atoms with van der Waals surface area (Å²) in [5, 5.41) is 7.71. The van der Waals surface area contributed by atoms with Crippen LogP contribution in [0.5, 0.6) is 0 Å². The zero-order chi connectivity index (χ0) is 19.6. The zero-order valence-corrected chi connectivity index (χ0v) is 17.5. The molecule has 6 nitrogen and oxygen atoms in total. The number of halogens is 1. The van der Waals surface area contributed by atoms with Gasteiger partial charge in [-0.25, -0.2) is 4.79 Å². The van der Waals surface area contributed by atoms with Crippen molar-refractivity contribution < 1.29 is 9.59 Å². The maximum absolute atomic E-state index is 12.9. The maximum atomic E-state index is 12.9. The van der Waals surface area contributed by atoms with Gasteiger partial charge in [0.05, 0.1) is 23.6 Å². The Morgan fingerprint density at radius 3 is 2.52 bits per heavy atom. The Morgan fingerprint density at radius 2 is 1.85 bits per heavy atom. The lowest BCUT2D eigenvalue weighted by Crippen LogP contribution is -2.74. The molecule has 2 heterocycles. The smallest absolute Gasteiger partial charge is 0.311 e. The van der Waals surface area contributed by atoms with Gasteiger partial charge < -0.3 is 4.90 Å². The molecular formula is C19H27ClN4O2S. The highest BCUT2D eigenvalue weighted by Gasteiger charge is 2.50. The number of carbonyl (C=O) groups excluding carboxylic acids is 2. The Hall–Kier alpha value is -1.28. The molecule has 0 bridgehead atoms. The normalized spacial score (nSPS) is 28.4. The number of thioether (sulfide) groups is 1.